The van der Waals surface area contributed by atoms with Gasteiger partial charge in [-0.1, -0.05) is 18.5 Å². The van der Waals surface area contributed by atoms with E-state index in [0.29, 0.717) is 65.1 Å². The molecule has 5 N–H and O–H groups in total. The summed E-state index contributed by atoms with van der Waals surface area (Å²) < 4.78 is 35.1. The fraction of sp³-hybridized carbons (Fsp3) is 0.441. The van der Waals surface area contributed by atoms with Gasteiger partial charge in [0.25, 0.3) is 11.8 Å². The molecule has 3 aromatic rings. The lowest BCUT2D eigenvalue weighted by Crippen LogP contribution is -3.13. The van der Waals surface area contributed by atoms with Gasteiger partial charge >= 0.3 is 5.97 Å². The third-order valence-electron chi connectivity index (χ3n) is 8.89. The standard InChI is InChI=1S/C34H42ClF2N7O6/c1-4-21(10-13-42(12-5-11-38)20-28(45)46)33(48)43-14-16-44(17-15-43)34(49)23-7-6-22(18-25(23)35)40-32(47)31-39-19-26(41(31)2)24-8-9-27(50-3)30(37)29(24)36/h6-9,18-19,21H,4-5,10-17,20,38H2,1-3H3,(H,40,47)(H,45,46)/p+1. The molecule has 0 bridgehead atoms. The number of carboxylic acid groups (broad SMARTS) is 1. The molecule has 1 aliphatic rings. The number of aromatic nitrogens is 2. The minimum Gasteiger partial charge on any atom is -0.494 e. The second kappa shape index (κ2) is 17.4. The minimum absolute atomic E-state index is 0.00708. The van der Waals surface area contributed by atoms with Crippen LogP contribution in [0.2, 0.25) is 5.02 Å². The molecule has 2 heterocycles. The monoisotopic (exact) mass is 718 g/mol. The number of quaternary nitrogens is 1. The molecule has 4 rings (SSSR count). The molecule has 0 aliphatic carbocycles. The van der Waals surface area contributed by atoms with Crippen LogP contribution in [0.1, 0.15) is 47.2 Å². The van der Waals surface area contributed by atoms with Gasteiger partial charge in [-0.15, -0.1) is 0 Å². The fourth-order valence-corrected chi connectivity index (χ4v) is 6.28. The van der Waals surface area contributed by atoms with Crippen LogP contribution in [0.4, 0.5) is 14.5 Å². The van der Waals surface area contributed by atoms with E-state index in [1.54, 1.807) is 9.80 Å². The number of amides is 3. The maximum atomic E-state index is 14.7. The lowest BCUT2D eigenvalue weighted by Gasteiger charge is -2.36. The highest BCUT2D eigenvalue weighted by Gasteiger charge is 2.30. The molecule has 1 aliphatic heterocycles. The van der Waals surface area contributed by atoms with Crippen LogP contribution in [0.5, 0.6) is 5.75 Å². The van der Waals surface area contributed by atoms with E-state index in [-0.39, 0.29) is 63.4 Å². The lowest BCUT2D eigenvalue weighted by atomic mass is 9.99. The van der Waals surface area contributed by atoms with Crippen molar-refractivity contribution in [1.29, 1.82) is 0 Å². The number of piperazine rings is 1. The number of rotatable bonds is 15. The number of aliphatic carboxylic acids is 1. The zero-order valence-corrected chi connectivity index (χ0v) is 29.1. The van der Waals surface area contributed by atoms with Gasteiger partial charge < -0.3 is 40.2 Å². The molecule has 16 heteroatoms. The number of hydrogen-bond donors (Lipinski definition) is 4. The minimum atomic E-state index is -1.16. The van der Waals surface area contributed by atoms with Gasteiger partial charge in [-0.3, -0.25) is 14.4 Å². The summed E-state index contributed by atoms with van der Waals surface area (Å²) in [6.45, 7) is 4.89. The summed E-state index contributed by atoms with van der Waals surface area (Å²) in [5.41, 5.74) is 6.18. The zero-order chi connectivity index (χ0) is 36.5. The van der Waals surface area contributed by atoms with E-state index in [1.165, 1.54) is 55.3 Å². The first kappa shape index (κ1) is 38.2. The van der Waals surface area contributed by atoms with Crippen molar-refractivity contribution in [2.75, 3.05) is 64.8 Å². The average molecular weight is 719 g/mol. The highest BCUT2D eigenvalue weighted by atomic mass is 35.5. The molecule has 270 valence electrons. The van der Waals surface area contributed by atoms with Crippen molar-refractivity contribution in [3.8, 4) is 17.0 Å². The van der Waals surface area contributed by atoms with Crippen LogP contribution < -0.4 is 20.7 Å². The molecule has 3 amide bonds. The Morgan fingerprint density at radius 3 is 2.40 bits per heavy atom. The van der Waals surface area contributed by atoms with E-state index in [0.717, 1.165) is 4.90 Å². The van der Waals surface area contributed by atoms with Gasteiger partial charge in [-0.05, 0) is 43.3 Å². The second-order valence-electron chi connectivity index (χ2n) is 12.1. The van der Waals surface area contributed by atoms with Gasteiger partial charge in [-0.2, -0.15) is 4.39 Å². The number of nitrogens with zero attached hydrogens (tertiary/aromatic N) is 4. The van der Waals surface area contributed by atoms with Crippen LogP contribution in [-0.4, -0.2) is 108 Å². The number of benzene rings is 2. The molecule has 2 unspecified atom stereocenters. The molecule has 0 saturated carbocycles. The Hall–Kier alpha value is -4.60. The molecule has 1 saturated heterocycles. The quantitative estimate of drug-likeness (QED) is 0.186. The SMILES string of the molecule is CCC(CC[NH+](CCCN)CC(=O)O)C(=O)N1CCN(C(=O)c2ccc(NC(=O)c3ncc(-c4ccc(OC)c(F)c4F)n3C)cc2Cl)CC1. The van der Waals surface area contributed by atoms with Crippen molar-refractivity contribution in [2.45, 2.75) is 26.2 Å². The van der Waals surface area contributed by atoms with Crippen LogP contribution in [-0.2, 0) is 16.6 Å². The van der Waals surface area contributed by atoms with Gasteiger partial charge in [0.15, 0.2) is 23.9 Å². The summed E-state index contributed by atoms with van der Waals surface area (Å²) in [5.74, 6) is -4.72. The number of carboxylic acids is 1. The van der Waals surface area contributed by atoms with Crippen LogP contribution >= 0.6 is 11.6 Å². The number of anilines is 1. The Labute approximate surface area is 293 Å². The maximum absolute atomic E-state index is 14.7. The van der Waals surface area contributed by atoms with Gasteiger partial charge in [0.2, 0.25) is 11.7 Å². The Morgan fingerprint density at radius 1 is 1.08 bits per heavy atom. The number of ether oxygens (including phenoxy) is 1. The largest absolute Gasteiger partial charge is 0.494 e. The summed E-state index contributed by atoms with van der Waals surface area (Å²) in [7, 11) is 2.72. The number of nitrogens with one attached hydrogen (secondary N) is 2. The van der Waals surface area contributed by atoms with Crippen LogP contribution in [0.15, 0.2) is 36.5 Å². The number of halogens is 3. The topological polar surface area (TPSA) is 165 Å². The Bertz CT molecular complexity index is 1710. The first-order valence-electron chi connectivity index (χ1n) is 16.4. The average Bonchev–Trinajstić information content (AvgIpc) is 3.48. The first-order valence-corrected chi connectivity index (χ1v) is 16.8. The number of methoxy groups -OCH3 is 1. The second-order valence-corrected chi connectivity index (χ2v) is 12.5. The van der Waals surface area contributed by atoms with E-state index < -0.39 is 23.5 Å². The third-order valence-corrected chi connectivity index (χ3v) is 9.21. The first-order chi connectivity index (χ1) is 23.9. The molecule has 1 aromatic heterocycles. The molecule has 50 heavy (non-hydrogen) atoms. The Morgan fingerprint density at radius 2 is 1.78 bits per heavy atom. The van der Waals surface area contributed by atoms with E-state index in [9.17, 15) is 33.1 Å². The number of carbonyl (C=O) groups is 4. The van der Waals surface area contributed by atoms with E-state index in [4.69, 9.17) is 22.1 Å². The zero-order valence-electron chi connectivity index (χ0n) is 28.3. The van der Waals surface area contributed by atoms with Gasteiger partial charge in [0.05, 0.1) is 42.7 Å². The predicted octanol–water partition coefficient (Wildman–Crippen LogP) is 2.30. The summed E-state index contributed by atoms with van der Waals surface area (Å²) >= 11 is 6.49. The Kier molecular flexibility index (Phi) is 13.3. The fourth-order valence-electron chi connectivity index (χ4n) is 6.02. The lowest BCUT2D eigenvalue weighted by molar-refractivity contribution is -0.893. The van der Waals surface area contributed by atoms with Crippen molar-refractivity contribution in [1.82, 2.24) is 19.4 Å². The molecule has 2 atom stereocenters. The number of imidazole rings is 1. The van der Waals surface area contributed by atoms with Crippen molar-refractivity contribution in [3.05, 3.63) is 64.6 Å². The van der Waals surface area contributed by atoms with Gasteiger partial charge in [0, 0.05) is 63.2 Å². The van der Waals surface area contributed by atoms with Crippen LogP contribution in [0.3, 0.4) is 0 Å². The van der Waals surface area contributed by atoms with Crippen LogP contribution in [0.25, 0.3) is 11.3 Å². The molecular formula is C34H43ClF2N7O6+. The summed E-state index contributed by atoms with van der Waals surface area (Å²) in [6, 6.07) is 7.07. The Balaban J connectivity index is 1.34. The molecule has 1 fully saturated rings. The van der Waals surface area contributed by atoms with E-state index >= 15 is 0 Å². The van der Waals surface area contributed by atoms with Crippen molar-refractivity contribution in [3.63, 3.8) is 0 Å². The van der Waals surface area contributed by atoms with Gasteiger partial charge in [-0.25, -0.2) is 14.2 Å². The predicted molar refractivity (Wildman–Crippen MR) is 182 cm³/mol. The molecular weight excluding hydrogens is 676 g/mol. The summed E-state index contributed by atoms with van der Waals surface area (Å²) in [5, 5.41) is 12.0. The molecule has 2 aromatic carbocycles. The molecule has 0 radical (unpaired) electrons. The number of nitrogens with two attached hydrogens (primary N) is 1. The van der Waals surface area contributed by atoms with Crippen molar-refractivity contribution in [2.24, 2.45) is 18.7 Å². The van der Waals surface area contributed by atoms with Gasteiger partial charge in [0.1, 0.15) is 0 Å². The smallest absolute Gasteiger partial charge is 0.359 e. The summed E-state index contributed by atoms with van der Waals surface area (Å²) in [4.78, 5) is 59.4. The number of hydrogen-bond acceptors (Lipinski definition) is 7. The van der Waals surface area contributed by atoms with Crippen molar-refractivity contribution < 1.29 is 42.7 Å². The van der Waals surface area contributed by atoms with Crippen molar-refractivity contribution >= 4 is 41.0 Å². The normalized spacial score (nSPS) is 14.3. The van der Waals surface area contributed by atoms with E-state index in [1.807, 2.05) is 6.92 Å². The maximum Gasteiger partial charge on any atom is 0.359 e. The summed E-state index contributed by atoms with van der Waals surface area (Å²) in [6.07, 6.45) is 3.14. The highest BCUT2D eigenvalue weighted by molar-refractivity contribution is 6.34. The molecule has 13 nitrogen and oxygen atoms in total. The number of carbonyl (C=O) groups excluding carboxylic acids is 3. The van der Waals surface area contributed by atoms with E-state index in [2.05, 4.69) is 10.3 Å². The third kappa shape index (κ3) is 8.94. The molecule has 0 spiro atoms. The highest BCUT2D eigenvalue weighted by Crippen LogP contribution is 2.30. The van der Waals surface area contributed by atoms with Crippen LogP contribution in [0, 0.1) is 17.6 Å².